The number of sulfonamides is 1. The molecule has 0 unspecified atom stereocenters. The minimum Gasteiger partial charge on any atom is -0.397 e. The zero-order valence-electron chi connectivity index (χ0n) is 11.8. The predicted octanol–water partition coefficient (Wildman–Crippen LogP) is 0.887. The van der Waals surface area contributed by atoms with Crippen LogP contribution in [0.4, 0.5) is 11.4 Å². The lowest BCUT2D eigenvalue weighted by Gasteiger charge is -2.10. The summed E-state index contributed by atoms with van der Waals surface area (Å²) in [6.07, 6.45) is 3.36. The first-order chi connectivity index (χ1) is 9.92. The van der Waals surface area contributed by atoms with Crippen LogP contribution in [0.3, 0.4) is 0 Å². The van der Waals surface area contributed by atoms with Crippen LogP contribution in [-0.4, -0.2) is 25.4 Å². The van der Waals surface area contributed by atoms with Crippen LogP contribution in [0.1, 0.15) is 11.4 Å². The van der Waals surface area contributed by atoms with E-state index in [1.807, 2.05) is 6.92 Å². The SMILES string of the molecule is CNS(=O)(=O)c1ccc(NCc2cnc(C)cn2)c(N)c1. The predicted molar refractivity (Wildman–Crippen MR) is 81.2 cm³/mol. The molecule has 0 bridgehead atoms. The Bertz CT molecular complexity index is 729. The molecule has 0 radical (unpaired) electrons. The molecule has 1 heterocycles. The van der Waals surface area contributed by atoms with E-state index in [0.29, 0.717) is 17.9 Å². The second kappa shape index (κ2) is 6.06. The molecule has 0 fully saturated rings. The fraction of sp³-hybridized carbons (Fsp3) is 0.231. The Labute approximate surface area is 123 Å². The van der Waals surface area contributed by atoms with Crippen molar-refractivity contribution in [2.24, 2.45) is 0 Å². The van der Waals surface area contributed by atoms with Gasteiger partial charge in [-0.2, -0.15) is 0 Å². The maximum absolute atomic E-state index is 11.7. The van der Waals surface area contributed by atoms with E-state index in [9.17, 15) is 8.42 Å². The molecule has 1 aromatic heterocycles. The van der Waals surface area contributed by atoms with Crippen molar-refractivity contribution in [2.45, 2.75) is 18.4 Å². The first kappa shape index (κ1) is 15.2. The largest absolute Gasteiger partial charge is 0.397 e. The standard InChI is InChI=1S/C13H17N5O2S/c1-9-6-17-10(7-16-9)8-18-13-4-3-11(5-12(13)14)21(19,20)15-2/h3-7,15,18H,8,14H2,1-2H3. The van der Waals surface area contributed by atoms with Gasteiger partial charge in [-0.15, -0.1) is 0 Å². The number of nitrogen functional groups attached to an aromatic ring is 1. The Morgan fingerprint density at radius 3 is 2.57 bits per heavy atom. The minimum atomic E-state index is -3.49. The summed E-state index contributed by atoms with van der Waals surface area (Å²) >= 11 is 0. The van der Waals surface area contributed by atoms with Crippen LogP contribution in [0.25, 0.3) is 0 Å². The quantitative estimate of drug-likeness (QED) is 0.708. The van der Waals surface area contributed by atoms with Crippen molar-refractivity contribution in [3.63, 3.8) is 0 Å². The molecule has 0 aliphatic rings. The fourth-order valence-electron chi connectivity index (χ4n) is 1.68. The second-order valence-corrected chi connectivity index (χ2v) is 6.35. The van der Waals surface area contributed by atoms with Gasteiger partial charge >= 0.3 is 0 Å². The third-order valence-electron chi connectivity index (χ3n) is 2.90. The molecule has 0 saturated heterocycles. The molecule has 0 saturated carbocycles. The number of rotatable bonds is 5. The van der Waals surface area contributed by atoms with Gasteiger partial charge in [0.05, 0.1) is 40.4 Å². The second-order valence-electron chi connectivity index (χ2n) is 4.46. The Hall–Kier alpha value is -2.19. The van der Waals surface area contributed by atoms with Crippen molar-refractivity contribution in [1.82, 2.24) is 14.7 Å². The molecule has 8 heteroatoms. The molecular formula is C13H17N5O2S. The number of nitrogens with zero attached hydrogens (tertiary/aromatic N) is 2. The highest BCUT2D eigenvalue weighted by Gasteiger charge is 2.12. The normalized spacial score (nSPS) is 11.3. The Balaban J connectivity index is 2.13. The molecule has 2 rings (SSSR count). The number of aromatic nitrogens is 2. The highest BCUT2D eigenvalue weighted by Crippen LogP contribution is 2.22. The van der Waals surface area contributed by atoms with Gasteiger partial charge in [-0.1, -0.05) is 0 Å². The summed E-state index contributed by atoms with van der Waals surface area (Å²) in [7, 11) is -2.13. The van der Waals surface area contributed by atoms with E-state index >= 15 is 0 Å². The van der Waals surface area contributed by atoms with Gasteiger partial charge in [0.15, 0.2) is 0 Å². The molecule has 4 N–H and O–H groups in total. The lowest BCUT2D eigenvalue weighted by Crippen LogP contribution is -2.18. The molecule has 0 aliphatic carbocycles. The smallest absolute Gasteiger partial charge is 0.240 e. The highest BCUT2D eigenvalue weighted by atomic mass is 32.2. The van der Waals surface area contributed by atoms with Crippen molar-refractivity contribution >= 4 is 21.4 Å². The molecule has 0 atom stereocenters. The number of aryl methyl sites for hydroxylation is 1. The lowest BCUT2D eigenvalue weighted by atomic mass is 10.2. The maximum Gasteiger partial charge on any atom is 0.240 e. The molecule has 112 valence electrons. The molecular weight excluding hydrogens is 290 g/mol. The van der Waals surface area contributed by atoms with E-state index in [-0.39, 0.29) is 4.90 Å². The minimum absolute atomic E-state index is 0.128. The Morgan fingerprint density at radius 1 is 1.24 bits per heavy atom. The first-order valence-electron chi connectivity index (χ1n) is 6.27. The fourth-order valence-corrected chi connectivity index (χ4v) is 2.45. The Kier molecular flexibility index (Phi) is 4.39. The van der Waals surface area contributed by atoms with E-state index < -0.39 is 10.0 Å². The summed E-state index contributed by atoms with van der Waals surface area (Å²) < 4.78 is 25.6. The molecule has 21 heavy (non-hydrogen) atoms. The number of nitrogens with one attached hydrogen (secondary N) is 2. The summed E-state index contributed by atoms with van der Waals surface area (Å²) in [5, 5.41) is 3.10. The number of anilines is 2. The summed E-state index contributed by atoms with van der Waals surface area (Å²) in [6, 6.07) is 4.53. The molecule has 1 aromatic carbocycles. The maximum atomic E-state index is 11.7. The van der Waals surface area contributed by atoms with Gasteiger partial charge in [-0.3, -0.25) is 9.97 Å². The topological polar surface area (TPSA) is 110 Å². The number of nitrogens with two attached hydrogens (primary N) is 1. The van der Waals surface area contributed by atoms with Crippen LogP contribution in [0.5, 0.6) is 0 Å². The number of hydrogen-bond acceptors (Lipinski definition) is 6. The van der Waals surface area contributed by atoms with Crippen molar-refractivity contribution in [3.8, 4) is 0 Å². The molecule has 0 amide bonds. The molecule has 0 aliphatic heterocycles. The van der Waals surface area contributed by atoms with E-state index in [0.717, 1.165) is 11.4 Å². The molecule has 7 nitrogen and oxygen atoms in total. The van der Waals surface area contributed by atoms with Gasteiger partial charge in [0.25, 0.3) is 0 Å². The van der Waals surface area contributed by atoms with Crippen LogP contribution in [0.15, 0.2) is 35.5 Å². The summed E-state index contributed by atoms with van der Waals surface area (Å²) in [4.78, 5) is 8.50. The zero-order chi connectivity index (χ0) is 15.5. The summed E-state index contributed by atoms with van der Waals surface area (Å²) in [5.74, 6) is 0. The van der Waals surface area contributed by atoms with E-state index in [4.69, 9.17) is 5.73 Å². The zero-order valence-corrected chi connectivity index (χ0v) is 12.6. The van der Waals surface area contributed by atoms with Gasteiger partial charge in [0.1, 0.15) is 0 Å². The molecule has 2 aromatic rings. The van der Waals surface area contributed by atoms with Crippen molar-refractivity contribution in [2.75, 3.05) is 18.1 Å². The van der Waals surface area contributed by atoms with Crippen LogP contribution < -0.4 is 15.8 Å². The van der Waals surface area contributed by atoms with E-state index in [2.05, 4.69) is 20.0 Å². The number of benzene rings is 1. The van der Waals surface area contributed by atoms with Gasteiger partial charge in [0.2, 0.25) is 10.0 Å². The molecule has 0 spiro atoms. The monoisotopic (exact) mass is 307 g/mol. The van der Waals surface area contributed by atoms with Gasteiger partial charge in [0, 0.05) is 6.20 Å². The van der Waals surface area contributed by atoms with E-state index in [1.165, 1.54) is 19.2 Å². The lowest BCUT2D eigenvalue weighted by molar-refractivity contribution is 0.588. The van der Waals surface area contributed by atoms with Crippen molar-refractivity contribution in [1.29, 1.82) is 0 Å². The summed E-state index contributed by atoms with van der Waals surface area (Å²) in [6.45, 7) is 2.32. The first-order valence-corrected chi connectivity index (χ1v) is 7.75. The van der Waals surface area contributed by atoms with Gasteiger partial charge < -0.3 is 11.1 Å². The average Bonchev–Trinajstić information content (AvgIpc) is 2.47. The average molecular weight is 307 g/mol. The van der Waals surface area contributed by atoms with Crippen LogP contribution >= 0.6 is 0 Å². The van der Waals surface area contributed by atoms with Crippen molar-refractivity contribution < 1.29 is 8.42 Å². The Morgan fingerprint density at radius 2 is 2.00 bits per heavy atom. The third-order valence-corrected chi connectivity index (χ3v) is 4.31. The third kappa shape index (κ3) is 3.67. The highest BCUT2D eigenvalue weighted by molar-refractivity contribution is 7.89. The van der Waals surface area contributed by atoms with Crippen LogP contribution in [-0.2, 0) is 16.6 Å². The van der Waals surface area contributed by atoms with Gasteiger partial charge in [-0.25, -0.2) is 13.1 Å². The summed E-state index contributed by atoms with van der Waals surface area (Å²) in [5.41, 5.74) is 8.49. The van der Waals surface area contributed by atoms with Gasteiger partial charge in [-0.05, 0) is 32.2 Å². The number of hydrogen-bond donors (Lipinski definition) is 3. The van der Waals surface area contributed by atoms with Crippen LogP contribution in [0, 0.1) is 6.92 Å². The van der Waals surface area contributed by atoms with E-state index in [1.54, 1.807) is 18.5 Å². The van der Waals surface area contributed by atoms with Crippen LogP contribution in [0.2, 0.25) is 0 Å². The van der Waals surface area contributed by atoms with Crippen molar-refractivity contribution in [3.05, 3.63) is 42.0 Å².